The normalized spacial score (nSPS) is 12.3. The van der Waals surface area contributed by atoms with Crippen LogP contribution in [0.15, 0.2) is 0 Å². The molecule has 7 heavy (non-hydrogen) atoms. The Labute approximate surface area is 44.9 Å². The maximum Gasteiger partial charge on any atom is 0.614 e. The first-order valence-electron chi connectivity index (χ1n) is 1.72. The monoisotopic (exact) mass is 140 g/mol. The van der Waals surface area contributed by atoms with Gasteiger partial charge in [-0.15, -0.1) is 4.89 Å². The van der Waals surface area contributed by atoms with E-state index in [-0.39, 0.29) is 0 Å². The lowest BCUT2D eigenvalue weighted by atomic mass is 11.9. The van der Waals surface area contributed by atoms with Crippen molar-refractivity contribution in [3.63, 3.8) is 0 Å². The molecule has 0 rings (SSSR count). The zero-order valence-corrected chi connectivity index (χ0v) is 6.04. The quantitative estimate of drug-likeness (QED) is 0.559. The molecule has 0 radical (unpaired) electrons. The first kappa shape index (κ1) is 7.45. The molecule has 0 aliphatic rings. The summed E-state index contributed by atoms with van der Waals surface area (Å²) < 4.78 is 9.86. The Morgan fingerprint density at radius 3 is 2.14 bits per heavy atom. The van der Waals surface area contributed by atoms with Crippen LogP contribution in [-0.2, 0) is 4.57 Å². The van der Waals surface area contributed by atoms with Gasteiger partial charge in [-0.05, 0) is 17.9 Å². The molecule has 0 saturated heterocycles. The third kappa shape index (κ3) is 6.45. The van der Waals surface area contributed by atoms with Crippen LogP contribution in [0, 0.1) is 0 Å². The molecule has 0 spiro atoms. The predicted octanol–water partition coefficient (Wildman–Crippen LogP) is 0.882. The minimum atomic E-state index is -2.11. The van der Waals surface area contributed by atoms with E-state index in [1.54, 1.807) is 0 Å². The molecular weight excluding hydrogens is 132 g/mol. The van der Waals surface area contributed by atoms with Crippen molar-refractivity contribution in [3.05, 3.63) is 0 Å². The standard InChI is InChI=1S/C2H7NO2P2/c1-6(2)3-7(4)5/h1-2H3,(H-,3,4,5)/p+1. The van der Waals surface area contributed by atoms with E-state index >= 15 is 0 Å². The summed E-state index contributed by atoms with van der Waals surface area (Å²) in [5.74, 6) is 0. The molecule has 42 valence electrons. The summed E-state index contributed by atoms with van der Waals surface area (Å²) >= 11 is 0. The van der Waals surface area contributed by atoms with E-state index in [1.165, 1.54) is 0 Å². The zero-order valence-electron chi connectivity index (χ0n) is 4.25. The highest BCUT2D eigenvalue weighted by Crippen LogP contribution is 2.26. The van der Waals surface area contributed by atoms with Gasteiger partial charge in [0.1, 0.15) is 0 Å². The van der Waals surface area contributed by atoms with Crippen molar-refractivity contribution < 1.29 is 9.46 Å². The van der Waals surface area contributed by atoms with Gasteiger partial charge in [0.15, 0.2) is 0 Å². The van der Waals surface area contributed by atoms with Crippen molar-refractivity contribution in [2.24, 2.45) is 0 Å². The molecule has 1 atom stereocenters. The Bertz CT molecular complexity index is 74.1. The Balaban J connectivity index is 3.13. The molecule has 0 aliphatic carbocycles. The second kappa shape index (κ2) is 3.45. The molecule has 3 nitrogen and oxygen atoms in total. The topological polar surface area (TPSA) is 49.3 Å². The fourth-order valence-electron chi connectivity index (χ4n) is 0.171. The zero-order chi connectivity index (χ0) is 5.86. The molecule has 0 aromatic heterocycles. The van der Waals surface area contributed by atoms with Crippen LogP contribution in [0.4, 0.5) is 0 Å². The van der Waals surface area contributed by atoms with Gasteiger partial charge in [0.25, 0.3) is 0 Å². The second-order valence-corrected chi connectivity index (χ2v) is 4.40. The fourth-order valence-corrected chi connectivity index (χ4v) is 1.54. The van der Waals surface area contributed by atoms with Crippen molar-refractivity contribution in [1.29, 1.82) is 0 Å². The maximum absolute atomic E-state index is 9.86. The van der Waals surface area contributed by atoms with Crippen LogP contribution in [0.25, 0.3) is 0 Å². The second-order valence-electron chi connectivity index (χ2n) is 1.27. The van der Waals surface area contributed by atoms with Gasteiger partial charge in [-0.2, -0.15) is 0 Å². The van der Waals surface area contributed by atoms with Gasteiger partial charge in [0, 0.05) is 8.07 Å². The molecule has 5 heteroatoms. The van der Waals surface area contributed by atoms with Crippen LogP contribution in [0.3, 0.4) is 0 Å². The van der Waals surface area contributed by atoms with E-state index in [1.807, 2.05) is 13.3 Å². The van der Waals surface area contributed by atoms with Gasteiger partial charge in [-0.25, -0.2) is 0 Å². The van der Waals surface area contributed by atoms with E-state index in [0.717, 1.165) is 0 Å². The van der Waals surface area contributed by atoms with Gasteiger partial charge < -0.3 is 0 Å². The van der Waals surface area contributed by atoms with Crippen molar-refractivity contribution in [3.8, 4) is 0 Å². The molecule has 0 aromatic carbocycles. The van der Waals surface area contributed by atoms with Crippen LogP contribution < -0.4 is 4.86 Å². The van der Waals surface area contributed by atoms with E-state index in [2.05, 4.69) is 4.86 Å². The first-order valence-corrected chi connectivity index (χ1v) is 5.17. The minimum Gasteiger partial charge on any atom is -0.144 e. The average Bonchev–Trinajstić information content (AvgIpc) is 1.27. The molecule has 0 saturated carbocycles. The van der Waals surface area contributed by atoms with Crippen LogP contribution in [-0.4, -0.2) is 18.2 Å². The Kier molecular flexibility index (Phi) is 3.67. The molecule has 0 bridgehead atoms. The van der Waals surface area contributed by atoms with Crippen LogP contribution in [0.2, 0.25) is 0 Å². The van der Waals surface area contributed by atoms with Crippen LogP contribution >= 0.6 is 16.3 Å². The number of rotatable bonds is 2. The molecule has 0 heterocycles. The van der Waals surface area contributed by atoms with E-state index in [4.69, 9.17) is 4.89 Å². The lowest BCUT2D eigenvalue weighted by molar-refractivity contribution is 0.501. The average molecular weight is 140 g/mol. The van der Waals surface area contributed by atoms with Gasteiger partial charge in [-0.3, -0.25) is 0 Å². The summed E-state index contributed by atoms with van der Waals surface area (Å²) in [6.45, 7) is 3.75. The molecular formula is C2H8NO2P2+. The summed E-state index contributed by atoms with van der Waals surface area (Å²) in [4.78, 5) is 10.6. The van der Waals surface area contributed by atoms with Crippen LogP contribution in [0.1, 0.15) is 0 Å². The molecule has 0 fully saturated rings. The van der Waals surface area contributed by atoms with Gasteiger partial charge >= 0.3 is 8.18 Å². The molecule has 0 aromatic rings. The molecule has 0 aliphatic heterocycles. The summed E-state index contributed by atoms with van der Waals surface area (Å²) in [5.41, 5.74) is 0. The largest absolute Gasteiger partial charge is 0.614 e. The van der Waals surface area contributed by atoms with Crippen molar-refractivity contribution in [2.75, 3.05) is 13.3 Å². The Hall–Kier alpha value is 0.450. The SMILES string of the molecule is CP(C)N[P+](=O)O. The summed E-state index contributed by atoms with van der Waals surface area (Å²) in [7, 11) is -2.53. The molecule has 2 N–H and O–H groups in total. The predicted molar refractivity (Wildman–Crippen MR) is 31.7 cm³/mol. The highest BCUT2D eigenvalue weighted by Gasteiger charge is 2.09. The minimum absolute atomic E-state index is 0.424. The highest BCUT2D eigenvalue weighted by atomic mass is 31.2. The summed E-state index contributed by atoms with van der Waals surface area (Å²) in [6, 6.07) is 0. The van der Waals surface area contributed by atoms with Crippen molar-refractivity contribution in [1.82, 2.24) is 4.86 Å². The molecule has 0 amide bonds. The van der Waals surface area contributed by atoms with Crippen molar-refractivity contribution >= 4 is 16.3 Å². The van der Waals surface area contributed by atoms with Crippen LogP contribution in [0.5, 0.6) is 0 Å². The third-order valence-electron chi connectivity index (χ3n) is 0.286. The Morgan fingerprint density at radius 1 is 1.71 bits per heavy atom. The first-order chi connectivity index (χ1) is 3.13. The van der Waals surface area contributed by atoms with Gasteiger partial charge in [0.2, 0.25) is 0 Å². The van der Waals surface area contributed by atoms with E-state index in [0.29, 0.717) is 0 Å². The highest BCUT2D eigenvalue weighted by molar-refractivity contribution is 7.63. The van der Waals surface area contributed by atoms with Gasteiger partial charge in [-0.1, -0.05) is 4.86 Å². The van der Waals surface area contributed by atoms with E-state index < -0.39 is 16.3 Å². The molecule has 1 unspecified atom stereocenters. The fraction of sp³-hybridized carbons (Fsp3) is 1.00. The van der Waals surface area contributed by atoms with Gasteiger partial charge in [0.05, 0.1) is 0 Å². The van der Waals surface area contributed by atoms with Crippen molar-refractivity contribution in [2.45, 2.75) is 0 Å². The number of hydrogen-bond donors (Lipinski definition) is 2. The summed E-state index contributed by atoms with van der Waals surface area (Å²) in [6.07, 6.45) is 0. The number of nitrogens with one attached hydrogen (secondary N) is 1. The summed E-state index contributed by atoms with van der Waals surface area (Å²) in [5, 5.41) is 0. The van der Waals surface area contributed by atoms with E-state index in [9.17, 15) is 4.57 Å². The third-order valence-corrected chi connectivity index (χ3v) is 2.57. The maximum atomic E-state index is 9.86. The number of hydrogen-bond acceptors (Lipinski definition) is 1. The lowest BCUT2D eigenvalue weighted by Crippen LogP contribution is -1.89. The lowest BCUT2D eigenvalue weighted by Gasteiger charge is -1.88. The smallest absolute Gasteiger partial charge is 0.144 e. The Morgan fingerprint density at radius 2 is 2.14 bits per heavy atom.